The summed E-state index contributed by atoms with van der Waals surface area (Å²) in [6.45, 7) is 2.21. The summed E-state index contributed by atoms with van der Waals surface area (Å²) in [5.41, 5.74) is 1.20. The normalized spacial score (nSPS) is 11.0. The molecule has 0 spiro atoms. The van der Waals surface area contributed by atoms with Crippen molar-refractivity contribution in [2.45, 2.75) is 56.8 Å². The fourth-order valence-corrected chi connectivity index (χ4v) is 3.19. The fraction of sp³-hybridized carbons (Fsp3) is 0.400. The number of ether oxygens (including phenoxy) is 1. The van der Waals surface area contributed by atoms with E-state index in [9.17, 15) is 13.5 Å². The van der Waals surface area contributed by atoms with Crippen LogP contribution >= 0.6 is 0 Å². The molecule has 0 radical (unpaired) electrons. The first-order valence-corrected chi connectivity index (χ1v) is 10.4. The SMILES string of the molecule is CCCCCCCCc1ccc(Oc2cc(S(=O)(=O)O)ccc2[O-])cc1.[K+]. The second kappa shape index (κ2) is 12.2. The minimum atomic E-state index is -4.38. The van der Waals surface area contributed by atoms with Crippen LogP contribution in [0.5, 0.6) is 17.2 Å². The Morgan fingerprint density at radius 1 is 0.963 bits per heavy atom. The van der Waals surface area contributed by atoms with Gasteiger partial charge < -0.3 is 9.84 Å². The van der Waals surface area contributed by atoms with E-state index in [4.69, 9.17) is 9.29 Å². The van der Waals surface area contributed by atoms with Crippen LogP contribution in [0.25, 0.3) is 0 Å². The average molecular weight is 417 g/mol. The minimum absolute atomic E-state index is 0. The van der Waals surface area contributed by atoms with Gasteiger partial charge >= 0.3 is 51.4 Å². The molecule has 2 aromatic carbocycles. The van der Waals surface area contributed by atoms with Crippen LogP contribution in [0.15, 0.2) is 47.4 Å². The van der Waals surface area contributed by atoms with Gasteiger partial charge in [0.25, 0.3) is 10.1 Å². The Morgan fingerprint density at radius 3 is 2.22 bits per heavy atom. The van der Waals surface area contributed by atoms with E-state index in [0.717, 1.165) is 31.0 Å². The maximum absolute atomic E-state index is 11.8. The van der Waals surface area contributed by atoms with E-state index in [2.05, 4.69) is 6.92 Å². The Kier molecular flexibility index (Phi) is 11.1. The van der Waals surface area contributed by atoms with E-state index >= 15 is 0 Å². The van der Waals surface area contributed by atoms with Crippen LogP contribution in [0.2, 0.25) is 0 Å². The largest absolute Gasteiger partial charge is 1.00 e. The van der Waals surface area contributed by atoms with E-state index in [1.54, 1.807) is 12.1 Å². The molecule has 0 atom stereocenters. The van der Waals surface area contributed by atoms with Crippen molar-refractivity contribution in [3.63, 3.8) is 0 Å². The van der Waals surface area contributed by atoms with E-state index in [1.165, 1.54) is 37.7 Å². The van der Waals surface area contributed by atoms with E-state index in [0.29, 0.717) is 5.75 Å². The molecular weight excluding hydrogens is 391 g/mol. The van der Waals surface area contributed by atoms with E-state index in [1.807, 2.05) is 12.1 Å². The fourth-order valence-electron chi connectivity index (χ4n) is 2.69. The maximum Gasteiger partial charge on any atom is 1.00 e. The summed E-state index contributed by atoms with van der Waals surface area (Å²) in [7, 11) is -4.38. The molecule has 0 aliphatic heterocycles. The van der Waals surface area contributed by atoms with Crippen molar-refractivity contribution in [1.82, 2.24) is 0 Å². The molecule has 0 saturated carbocycles. The molecular formula is C20H25KO5S. The second-order valence-corrected chi connectivity index (χ2v) is 7.77. The van der Waals surface area contributed by atoms with Gasteiger partial charge in [-0.1, -0.05) is 63.0 Å². The van der Waals surface area contributed by atoms with Gasteiger partial charge in [0.05, 0.1) is 4.90 Å². The molecule has 1 N–H and O–H groups in total. The van der Waals surface area contributed by atoms with E-state index < -0.39 is 15.9 Å². The van der Waals surface area contributed by atoms with Gasteiger partial charge in [-0.3, -0.25) is 4.55 Å². The summed E-state index contributed by atoms with van der Waals surface area (Å²) in [6.07, 6.45) is 8.48. The number of benzene rings is 2. The molecule has 0 saturated heterocycles. The van der Waals surface area contributed by atoms with Crippen LogP contribution in [0.3, 0.4) is 0 Å². The Hall–Kier alpha value is -0.414. The first kappa shape index (κ1) is 24.6. The van der Waals surface area contributed by atoms with Crippen molar-refractivity contribution in [2.75, 3.05) is 0 Å². The van der Waals surface area contributed by atoms with Crippen LogP contribution in [0, 0.1) is 0 Å². The molecule has 27 heavy (non-hydrogen) atoms. The predicted octanol–water partition coefficient (Wildman–Crippen LogP) is 1.71. The Balaban J connectivity index is 0.00000364. The first-order valence-electron chi connectivity index (χ1n) is 8.95. The average Bonchev–Trinajstić information content (AvgIpc) is 2.60. The van der Waals surface area contributed by atoms with Gasteiger partial charge in [-0.15, -0.1) is 0 Å². The van der Waals surface area contributed by atoms with Crippen molar-refractivity contribution >= 4 is 10.1 Å². The minimum Gasteiger partial charge on any atom is -0.870 e. The zero-order chi connectivity index (χ0) is 19.0. The summed E-state index contributed by atoms with van der Waals surface area (Å²) in [6, 6.07) is 10.5. The van der Waals surface area contributed by atoms with Gasteiger partial charge in [-0.25, -0.2) is 0 Å². The Labute approximate surface area is 204 Å². The van der Waals surface area contributed by atoms with Gasteiger partial charge in [0.1, 0.15) is 11.5 Å². The Bertz CT molecular complexity index is 804. The monoisotopic (exact) mass is 416 g/mol. The third kappa shape index (κ3) is 8.64. The van der Waals surface area contributed by atoms with Crippen LogP contribution in [0.1, 0.15) is 51.0 Å². The zero-order valence-electron chi connectivity index (χ0n) is 16.0. The summed E-state index contributed by atoms with van der Waals surface area (Å²) in [5, 5.41) is 11.8. The van der Waals surface area contributed by atoms with Gasteiger partial charge in [-0.2, -0.15) is 8.42 Å². The van der Waals surface area contributed by atoms with Gasteiger partial charge in [0, 0.05) is 6.07 Å². The Morgan fingerprint density at radius 2 is 1.59 bits per heavy atom. The molecule has 0 fully saturated rings. The number of unbranched alkanes of at least 4 members (excludes halogenated alkanes) is 5. The summed E-state index contributed by atoms with van der Waals surface area (Å²) in [5.74, 6) is -0.140. The van der Waals surface area contributed by atoms with E-state index in [-0.39, 0.29) is 62.0 Å². The predicted molar refractivity (Wildman–Crippen MR) is 99.3 cm³/mol. The van der Waals surface area contributed by atoms with Crippen molar-refractivity contribution in [3.05, 3.63) is 48.0 Å². The maximum atomic E-state index is 11.8. The first-order chi connectivity index (χ1) is 12.4. The van der Waals surface area contributed by atoms with Gasteiger partial charge in [0.2, 0.25) is 0 Å². The topological polar surface area (TPSA) is 86.7 Å². The number of rotatable bonds is 10. The molecule has 0 aromatic heterocycles. The van der Waals surface area contributed by atoms with Crippen molar-refractivity contribution < 1.29 is 74.2 Å². The molecule has 0 heterocycles. The standard InChI is InChI=1S/C20H26O5S.K/c1-2-3-4-5-6-7-8-16-9-11-17(12-10-16)25-20-15-18(26(22,23)24)13-14-19(20)21;/h9-15,21H,2-8H2,1H3,(H,22,23,24);/q;+1/p-1. The molecule has 0 amide bonds. The van der Waals surface area contributed by atoms with Gasteiger partial charge in [-0.05, 0) is 36.6 Å². The molecule has 0 aliphatic rings. The molecule has 7 heteroatoms. The molecule has 0 unspecified atom stereocenters. The van der Waals surface area contributed by atoms with Crippen LogP contribution in [0.4, 0.5) is 0 Å². The van der Waals surface area contributed by atoms with Crippen molar-refractivity contribution in [1.29, 1.82) is 0 Å². The third-order valence-corrected chi connectivity index (χ3v) is 5.03. The van der Waals surface area contributed by atoms with Gasteiger partial charge in [0.15, 0.2) is 0 Å². The smallest absolute Gasteiger partial charge is 0.870 e. The molecule has 0 aliphatic carbocycles. The van der Waals surface area contributed by atoms with Crippen molar-refractivity contribution in [3.8, 4) is 17.2 Å². The van der Waals surface area contributed by atoms with Crippen LogP contribution in [-0.2, 0) is 16.5 Å². The number of hydrogen-bond acceptors (Lipinski definition) is 4. The second-order valence-electron chi connectivity index (χ2n) is 6.35. The summed E-state index contributed by atoms with van der Waals surface area (Å²) >= 11 is 0. The number of hydrogen-bond donors (Lipinski definition) is 1. The van der Waals surface area contributed by atoms with Crippen molar-refractivity contribution in [2.24, 2.45) is 0 Å². The quantitative estimate of drug-likeness (QED) is 0.362. The molecule has 2 aromatic rings. The molecule has 0 bridgehead atoms. The van der Waals surface area contributed by atoms with Crippen LogP contribution in [-0.4, -0.2) is 13.0 Å². The molecule has 2 rings (SSSR count). The number of aryl methyl sites for hydroxylation is 1. The zero-order valence-corrected chi connectivity index (χ0v) is 19.9. The third-order valence-electron chi connectivity index (χ3n) is 4.18. The van der Waals surface area contributed by atoms with Crippen LogP contribution < -0.4 is 61.2 Å². The summed E-state index contributed by atoms with van der Waals surface area (Å²) < 4.78 is 36.9. The summed E-state index contributed by atoms with van der Waals surface area (Å²) in [4.78, 5) is -0.369. The molecule has 5 nitrogen and oxygen atoms in total. The molecule has 142 valence electrons.